The van der Waals surface area contributed by atoms with E-state index in [0.717, 1.165) is 16.9 Å². The van der Waals surface area contributed by atoms with Crippen molar-refractivity contribution in [2.24, 2.45) is 5.92 Å². The third-order valence-corrected chi connectivity index (χ3v) is 10.4. The number of aliphatic carboxylic acids is 1. The Morgan fingerprint density at radius 1 is 1.08 bits per heavy atom. The Balaban J connectivity index is 1.13. The van der Waals surface area contributed by atoms with Crippen LogP contribution in [-0.2, 0) is 22.7 Å². The minimum Gasteiger partial charge on any atom is -0.481 e. The molecule has 4 aromatic rings. The van der Waals surface area contributed by atoms with Crippen molar-refractivity contribution in [3.8, 4) is 28.4 Å². The number of methoxy groups -OCH3 is 1. The van der Waals surface area contributed by atoms with Gasteiger partial charge in [-0.3, -0.25) is 24.3 Å². The van der Waals surface area contributed by atoms with E-state index < -0.39 is 11.9 Å². The third kappa shape index (κ3) is 8.19. The van der Waals surface area contributed by atoms with Crippen LogP contribution in [0.2, 0.25) is 10.0 Å². The van der Waals surface area contributed by atoms with Gasteiger partial charge in [0.05, 0.1) is 40.1 Å². The zero-order chi connectivity index (χ0) is 34.5. The number of carboxylic acids is 1. The first-order valence-corrected chi connectivity index (χ1v) is 17.5. The lowest BCUT2D eigenvalue weighted by molar-refractivity contribution is -0.143. The van der Waals surface area contributed by atoms with Gasteiger partial charge in [0.2, 0.25) is 11.8 Å². The topological polar surface area (TPSA) is 159 Å². The fraction of sp³-hybridized carbons (Fsp3) is 0.353. The second-order valence-corrected chi connectivity index (χ2v) is 13.8. The number of pyridine rings is 2. The number of carbonyl (C=O) groups excluding carboxylic acids is 2. The van der Waals surface area contributed by atoms with Crippen LogP contribution in [0.5, 0.6) is 5.88 Å². The minimum atomic E-state index is -0.744. The zero-order valence-corrected chi connectivity index (χ0v) is 29.0. The van der Waals surface area contributed by atoms with E-state index in [4.69, 9.17) is 32.9 Å². The number of aromatic nitrogens is 3. The summed E-state index contributed by atoms with van der Waals surface area (Å²) in [7, 11) is 1.56. The number of likely N-dealkylation sites (tertiary alicyclic amines) is 1. The molecule has 2 aliphatic rings. The van der Waals surface area contributed by atoms with Gasteiger partial charge < -0.3 is 25.8 Å². The molecule has 1 atom stereocenters. The van der Waals surface area contributed by atoms with E-state index in [1.54, 1.807) is 43.8 Å². The standard InChI is InChI=1S/C34H35Cl2N7O5S/c1-48-32-20(15-37-16-21-6-8-27(44)40-21)5-7-25(42-32)23-9-12-38-30(29(23)36)24-3-2-4-26(28(24)35)41-31(45)33-39-17-22(49-33)18-43-13-10-19(11-14-43)34(46)47/h2-5,7,9,12,17,19,21,37H,6,8,10-11,13-16,18H2,1H3,(H,40,44)(H,41,45)(H,46,47)/t21-/m1/s1. The number of hydrogen-bond acceptors (Lipinski definition) is 10. The molecule has 0 spiro atoms. The molecule has 2 saturated heterocycles. The first-order chi connectivity index (χ1) is 23.7. The van der Waals surface area contributed by atoms with Crippen LogP contribution in [0.25, 0.3) is 22.5 Å². The number of rotatable bonds is 12. The maximum atomic E-state index is 13.2. The van der Waals surface area contributed by atoms with Crippen molar-refractivity contribution in [2.45, 2.75) is 44.8 Å². The predicted octanol–water partition coefficient (Wildman–Crippen LogP) is 5.50. The second-order valence-electron chi connectivity index (χ2n) is 12.0. The average Bonchev–Trinajstić information content (AvgIpc) is 3.75. The summed E-state index contributed by atoms with van der Waals surface area (Å²) in [5, 5.41) is 19.3. The highest BCUT2D eigenvalue weighted by atomic mass is 35.5. The van der Waals surface area contributed by atoms with E-state index in [1.165, 1.54) is 11.3 Å². The minimum absolute atomic E-state index is 0.0800. The van der Waals surface area contributed by atoms with Crippen LogP contribution in [-0.4, -0.2) is 75.5 Å². The van der Waals surface area contributed by atoms with Gasteiger partial charge in [-0.25, -0.2) is 9.97 Å². The smallest absolute Gasteiger partial charge is 0.306 e. The van der Waals surface area contributed by atoms with E-state index in [-0.39, 0.29) is 22.9 Å². The molecule has 1 aromatic carbocycles. The molecule has 15 heteroatoms. The number of nitrogens with one attached hydrogen (secondary N) is 3. The highest BCUT2D eigenvalue weighted by Gasteiger charge is 2.26. The summed E-state index contributed by atoms with van der Waals surface area (Å²) >= 11 is 15.1. The largest absolute Gasteiger partial charge is 0.481 e. The zero-order valence-electron chi connectivity index (χ0n) is 26.7. The van der Waals surface area contributed by atoms with Crippen LogP contribution in [0.1, 0.15) is 45.9 Å². The Labute approximate surface area is 297 Å². The molecule has 3 aromatic heterocycles. The lowest BCUT2D eigenvalue weighted by Crippen LogP contribution is -2.35. The number of piperidine rings is 1. The molecule has 5 heterocycles. The molecule has 0 radical (unpaired) electrons. The first kappa shape index (κ1) is 34.7. The molecule has 2 fully saturated rings. The summed E-state index contributed by atoms with van der Waals surface area (Å²) in [5.41, 5.74) is 3.42. The molecular weight excluding hydrogens is 689 g/mol. The molecule has 0 unspecified atom stereocenters. The number of carbonyl (C=O) groups is 3. The van der Waals surface area contributed by atoms with Crippen LogP contribution in [0.15, 0.2) is 48.8 Å². The van der Waals surface area contributed by atoms with Gasteiger partial charge in [0.1, 0.15) is 0 Å². The summed E-state index contributed by atoms with van der Waals surface area (Å²) in [5.74, 6) is -0.911. The van der Waals surface area contributed by atoms with Crippen molar-refractivity contribution in [1.82, 2.24) is 30.5 Å². The normalized spacial score (nSPS) is 16.8. The van der Waals surface area contributed by atoms with E-state index in [1.807, 2.05) is 12.1 Å². The number of ether oxygens (including phenoxy) is 1. The number of carboxylic acid groups (broad SMARTS) is 1. The van der Waals surface area contributed by atoms with E-state index >= 15 is 0 Å². The quantitative estimate of drug-likeness (QED) is 0.147. The Morgan fingerprint density at radius 2 is 1.90 bits per heavy atom. The molecular formula is C34H35Cl2N7O5S. The van der Waals surface area contributed by atoms with Crippen LogP contribution < -0.4 is 20.7 Å². The summed E-state index contributed by atoms with van der Waals surface area (Å²) in [4.78, 5) is 52.6. The Bertz CT molecular complexity index is 1860. The molecule has 4 N–H and O–H groups in total. The molecule has 0 aliphatic carbocycles. The first-order valence-electron chi connectivity index (χ1n) is 15.9. The van der Waals surface area contributed by atoms with E-state index in [9.17, 15) is 19.5 Å². The third-order valence-electron chi connectivity index (χ3n) is 8.65. The molecule has 49 heavy (non-hydrogen) atoms. The Hall–Kier alpha value is -4.14. The molecule has 2 amide bonds. The maximum absolute atomic E-state index is 13.2. The molecule has 0 saturated carbocycles. The lowest BCUT2D eigenvalue weighted by Gasteiger charge is -2.29. The van der Waals surface area contributed by atoms with Gasteiger partial charge in [-0.05, 0) is 50.6 Å². The number of thiazole rings is 1. The summed E-state index contributed by atoms with van der Waals surface area (Å²) in [6.45, 7) is 3.15. The van der Waals surface area contributed by atoms with Crippen molar-refractivity contribution >= 4 is 58.0 Å². The molecule has 2 aliphatic heterocycles. The maximum Gasteiger partial charge on any atom is 0.306 e. The van der Waals surface area contributed by atoms with Crippen LogP contribution in [0, 0.1) is 5.92 Å². The predicted molar refractivity (Wildman–Crippen MR) is 188 cm³/mol. The van der Waals surface area contributed by atoms with Gasteiger partial charge in [-0.15, -0.1) is 11.3 Å². The molecule has 6 rings (SSSR count). The second kappa shape index (κ2) is 15.6. The Kier molecular flexibility index (Phi) is 11.1. The van der Waals surface area contributed by atoms with E-state index in [0.29, 0.717) is 96.1 Å². The van der Waals surface area contributed by atoms with Gasteiger partial charge in [-0.2, -0.15) is 0 Å². The molecule has 256 valence electrons. The van der Waals surface area contributed by atoms with Crippen molar-refractivity contribution in [1.29, 1.82) is 0 Å². The fourth-order valence-corrected chi connectivity index (χ4v) is 7.43. The van der Waals surface area contributed by atoms with Gasteiger partial charge >= 0.3 is 5.97 Å². The van der Waals surface area contributed by atoms with Crippen molar-refractivity contribution in [3.05, 3.63) is 74.3 Å². The fourth-order valence-electron chi connectivity index (χ4n) is 6.00. The van der Waals surface area contributed by atoms with Gasteiger partial charge in [0.25, 0.3) is 5.91 Å². The summed E-state index contributed by atoms with van der Waals surface area (Å²) in [6, 6.07) is 10.9. The van der Waals surface area contributed by atoms with Crippen LogP contribution in [0.3, 0.4) is 0 Å². The van der Waals surface area contributed by atoms with E-state index in [2.05, 4.69) is 30.8 Å². The SMILES string of the molecule is COc1nc(-c2ccnc(-c3cccc(NC(=O)c4ncc(CN5CCC(C(=O)O)CC5)s4)c3Cl)c2Cl)ccc1CNC[C@H]1CCC(=O)N1. The number of benzene rings is 1. The van der Waals surface area contributed by atoms with Crippen LogP contribution in [0.4, 0.5) is 5.69 Å². The average molecular weight is 725 g/mol. The molecule has 0 bridgehead atoms. The summed E-state index contributed by atoms with van der Waals surface area (Å²) in [6.07, 6.45) is 5.89. The summed E-state index contributed by atoms with van der Waals surface area (Å²) < 4.78 is 5.59. The monoisotopic (exact) mass is 723 g/mol. The number of anilines is 1. The van der Waals surface area contributed by atoms with Crippen molar-refractivity contribution in [3.63, 3.8) is 0 Å². The highest BCUT2D eigenvalue weighted by molar-refractivity contribution is 7.13. The van der Waals surface area contributed by atoms with Gasteiger partial charge in [0, 0.05) is 66.1 Å². The Morgan fingerprint density at radius 3 is 2.63 bits per heavy atom. The van der Waals surface area contributed by atoms with Crippen molar-refractivity contribution in [2.75, 3.05) is 32.1 Å². The van der Waals surface area contributed by atoms with Gasteiger partial charge in [-0.1, -0.05) is 41.4 Å². The number of hydrogen-bond donors (Lipinski definition) is 4. The highest BCUT2D eigenvalue weighted by Crippen LogP contribution is 2.40. The van der Waals surface area contributed by atoms with Gasteiger partial charge in [0.15, 0.2) is 5.01 Å². The lowest BCUT2D eigenvalue weighted by atomic mass is 9.97. The van der Waals surface area contributed by atoms with Crippen molar-refractivity contribution < 1.29 is 24.2 Å². The number of amides is 2. The molecule has 12 nitrogen and oxygen atoms in total. The van der Waals surface area contributed by atoms with Crippen LogP contribution >= 0.6 is 34.5 Å². The number of halogens is 2. The number of nitrogens with zero attached hydrogens (tertiary/aromatic N) is 4.